The third-order valence-electron chi connectivity index (χ3n) is 2.50. The Balaban J connectivity index is 2.08. The highest BCUT2D eigenvalue weighted by atomic mass is 32.1. The summed E-state index contributed by atoms with van der Waals surface area (Å²) in [4.78, 5) is 8.87. The number of hydrogen-bond acceptors (Lipinski definition) is 5. The van der Waals surface area contributed by atoms with E-state index in [1.165, 1.54) is 0 Å². The SMILES string of the molecule is Cc1cc(C(N)=S)nc(NC(C)Cn2cccn2)n1. The molecule has 0 saturated heterocycles. The van der Waals surface area contributed by atoms with Gasteiger partial charge in [-0.15, -0.1) is 0 Å². The van der Waals surface area contributed by atoms with E-state index in [0.717, 1.165) is 12.2 Å². The van der Waals surface area contributed by atoms with Crippen molar-refractivity contribution in [1.82, 2.24) is 19.7 Å². The van der Waals surface area contributed by atoms with E-state index < -0.39 is 0 Å². The molecular formula is C12H16N6S. The molecule has 0 radical (unpaired) electrons. The fraction of sp³-hybridized carbons (Fsp3) is 0.333. The summed E-state index contributed by atoms with van der Waals surface area (Å²) in [7, 11) is 0. The molecule has 1 unspecified atom stereocenters. The Morgan fingerprint density at radius 3 is 2.95 bits per heavy atom. The Kier molecular flexibility index (Phi) is 4.06. The Labute approximate surface area is 117 Å². The van der Waals surface area contributed by atoms with E-state index in [4.69, 9.17) is 18.0 Å². The number of hydrogen-bond donors (Lipinski definition) is 2. The third-order valence-corrected chi connectivity index (χ3v) is 2.71. The highest BCUT2D eigenvalue weighted by Gasteiger charge is 2.08. The molecule has 0 aliphatic carbocycles. The molecule has 0 spiro atoms. The second-order valence-electron chi connectivity index (χ2n) is 4.36. The summed E-state index contributed by atoms with van der Waals surface area (Å²) in [6.07, 6.45) is 3.66. The zero-order chi connectivity index (χ0) is 13.8. The average Bonchev–Trinajstić information content (AvgIpc) is 2.80. The van der Waals surface area contributed by atoms with Crippen LogP contribution >= 0.6 is 12.2 Å². The van der Waals surface area contributed by atoms with Crippen LogP contribution in [-0.2, 0) is 6.54 Å². The fourth-order valence-electron chi connectivity index (χ4n) is 1.71. The van der Waals surface area contributed by atoms with Crippen molar-refractivity contribution in [2.45, 2.75) is 26.4 Å². The molecule has 1 atom stereocenters. The van der Waals surface area contributed by atoms with Crippen molar-refractivity contribution in [3.05, 3.63) is 35.9 Å². The van der Waals surface area contributed by atoms with E-state index in [9.17, 15) is 0 Å². The van der Waals surface area contributed by atoms with Crippen molar-refractivity contribution >= 4 is 23.2 Å². The van der Waals surface area contributed by atoms with Gasteiger partial charge in [0.25, 0.3) is 0 Å². The van der Waals surface area contributed by atoms with Crippen LogP contribution in [0.2, 0.25) is 0 Å². The molecule has 0 amide bonds. The van der Waals surface area contributed by atoms with Gasteiger partial charge in [-0.3, -0.25) is 4.68 Å². The minimum atomic E-state index is 0.140. The van der Waals surface area contributed by atoms with E-state index in [2.05, 4.69) is 20.4 Å². The number of aromatic nitrogens is 4. The first-order valence-corrected chi connectivity index (χ1v) is 6.35. The number of nitrogens with two attached hydrogens (primary N) is 1. The lowest BCUT2D eigenvalue weighted by Gasteiger charge is -2.14. The largest absolute Gasteiger partial charge is 0.388 e. The van der Waals surface area contributed by atoms with Crippen LogP contribution in [0.3, 0.4) is 0 Å². The maximum atomic E-state index is 5.59. The lowest BCUT2D eigenvalue weighted by molar-refractivity contribution is 0.558. The Bertz CT molecular complexity index is 566. The Hall–Kier alpha value is -2.02. The van der Waals surface area contributed by atoms with Gasteiger partial charge in [-0.1, -0.05) is 12.2 Å². The molecule has 19 heavy (non-hydrogen) atoms. The lowest BCUT2D eigenvalue weighted by Crippen LogP contribution is -2.24. The first-order chi connectivity index (χ1) is 9.04. The van der Waals surface area contributed by atoms with E-state index in [0.29, 0.717) is 11.6 Å². The molecule has 0 fully saturated rings. The van der Waals surface area contributed by atoms with Crippen molar-refractivity contribution in [2.75, 3.05) is 5.32 Å². The van der Waals surface area contributed by atoms with Gasteiger partial charge in [0.05, 0.1) is 6.54 Å². The van der Waals surface area contributed by atoms with E-state index in [1.807, 2.05) is 30.8 Å². The van der Waals surface area contributed by atoms with Crippen LogP contribution in [0.1, 0.15) is 18.3 Å². The second-order valence-corrected chi connectivity index (χ2v) is 4.80. The van der Waals surface area contributed by atoms with Gasteiger partial charge < -0.3 is 11.1 Å². The minimum Gasteiger partial charge on any atom is -0.388 e. The summed E-state index contributed by atoms with van der Waals surface area (Å²) in [5, 5.41) is 7.37. The van der Waals surface area contributed by atoms with Crippen LogP contribution in [-0.4, -0.2) is 30.8 Å². The van der Waals surface area contributed by atoms with Crippen LogP contribution in [0, 0.1) is 6.92 Å². The van der Waals surface area contributed by atoms with Gasteiger partial charge in [-0.25, -0.2) is 9.97 Å². The predicted molar refractivity (Wildman–Crippen MR) is 78.0 cm³/mol. The zero-order valence-electron chi connectivity index (χ0n) is 10.9. The summed E-state index contributed by atoms with van der Waals surface area (Å²) >= 11 is 4.93. The molecule has 0 saturated carbocycles. The predicted octanol–water partition coefficient (Wildman–Crippen LogP) is 1.12. The number of nitrogens with one attached hydrogen (secondary N) is 1. The van der Waals surface area contributed by atoms with Crippen LogP contribution in [0.25, 0.3) is 0 Å². The molecule has 2 aromatic rings. The molecule has 2 aromatic heterocycles. The summed E-state index contributed by atoms with van der Waals surface area (Å²) in [5.74, 6) is 0.530. The fourth-order valence-corrected chi connectivity index (χ4v) is 1.82. The van der Waals surface area contributed by atoms with Gasteiger partial charge in [0, 0.05) is 24.1 Å². The number of thiocarbonyl (C=S) groups is 1. The molecule has 0 aliphatic rings. The van der Waals surface area contributed by atoms with Crippen LogP contribution < -0.4 is 11.1 Å². The average molecular weight is 276 g/mol. The van der Waals surface area contributed by atoms with E-state index in [-0.39, 0.29) is 11.0 Å². The van der Waals surface area contributed by atoms with Crippen molar-refractivity contribution in [3.63, 3.8) is 0 Å². The second kappa shape index (κ2) is 5.75. The van der Waals surface area contributed by atoms with E-state index in [1.54, 1.807) is 12.3 Å². The normalized spacial score (nSPS) is 12.1. The standard InChI is InChI=1S/C12H16N6S/c1-8-6-10(11(13)19)17-12(15-8)16-9(2)7-18-5-3-4-14-18/h3-6,9H,7H2,1-2H3,(H2,13,19)(H,15,16,17). The third kappa shape index (κ3) is 3.72. The smallest absolute Gasteiger partial charge is 0.223 e. The minimum absolute atomic E-state index is 0.140. The van der Waals surface area contributed by atoms with Gasteiger partial charge in [0.1, 0.15) is 10.7 Å². The highest BCUT2D eigenvalue weighted by molar-refractivity contribution is 7.80. The Morgan fingerprint density at radius 1 is 1.53 bits per heavy atom. The summed E-state index contributed by atoms with van der Waals surface area (Å²) in [5.41, 5.74) is 7.00. The maximum Gasteiger partial charge on any atom is 0.223 e. The quantitative estimate of drug-likeness (QED) is 0.796. The zero-order valence-corrected chi connectivity index (χ0v) is 11.7. The summed E-state index contributed by atoms with van der Waals surface area (Å²) in [6.45, 7) is 4.65. The van der Waals surface area contributed by atoms with Gasteiger partial charge in [-0.05, 0) is 26.0 Å². The first-order valence-electron chi connectivity index (χ1n) is 5.94. The van der Waals surface area contributed by atoms with Crippen LogP contribution in [0.15, 0.2) is 24.5 Å². The van der Waals surface area contributed by atoms with Crippen molar-refractivity contribution in [3.8, 4) is 0 Å². The van der Waals surface area contributed by atoms with E-state index >= 15 is 0 Å². The molecule has 0 aliphatic heterocycles. The molecular weight excluding hydrogens is 260 g/mol. The number of nitrogens with zero attached hydrogens (tertiary/aromatic N) is 4. The Morgan fingerprint density at radius 2 is 2.32 bits per heavy atom. The van der Waals surface area contributed by atoms with Gasteiger partial charge in [-0.2, -0.15) is 5.10 Å². The molecule has 2 heterocycles. The number of aryl methyl sites for hydroxylation is 1. The summed E-state index contributed by atoms with van der Waals surface area (Å²) < 4.78 is 1.85. The topological polar surface area (TPSA) is 81.6 Å². The molecule has 6 nitrogen and oxygen atoms in total. The molecule has 100 valence electrons. The first kappa shape index (κ1) is 13.4. The van der Waals surface area contributed by atoms with Crippen molar-refractivity contribution in [1.29, 1.82) is 0 Å². The van der Waals surface area contributed by atoms with Crippen molar-refractivity contribution < 1.29 is 0 Å². The highest BCUT2D eigenvalue weighted by Crippen LogP contribution is 2.07. The molecule has 7 heteroatoms. The lowest BCUT2D eigenvalue weighted by atomic mass is 10.3. The molecule has 2 rings (SSSR count). The summed E-state index contributed by atoms with van der Waals surface area (Å²) in [6, 6.07) is 3.80. The van der Waals surface area contributed by atoms with Crippen LogP contribution in [0.5, 0.6) is 0 Å². The monoisotopic (exact) mass is 276 g/mol. The van der Waals surface area contributed by atoms with Crippen LogP contribution in [0.4, 0.5) is 5.95 Å². The van der Waals surface area contributed by atoms with Gasteiger partial charge in [0.2, 0.25) is 5.95 Å². The van der Waals surface area contributed by atoms with Gasteiger partial charge >= 0.3 is 0 Å². The molecule has 0 aromatic carbocycles. The number of anilines is 1. The molecule has 0 bridgehead atoms. The molecule has 3 N–H and O–H groups in total. The maximum absolute atomic E-state index is 5.59. The number of rotatable bonds is 5. The van der Waals surface area contributed by atoms with Crippen molar-refractivity contribution in [2.24, 2.45) is 5.73 Å². The van der Waals surface area contributed by atoms with Gasteiger partial charge in [0.15, 0.2) is 0 Å².